The van der Waals surface area contributed by atoms with Gasteiger partial charge in [0.2, 0.25) is 0 Å². The predicted octanol–water partition coefficient (Wildman–Crippen LogP) is 4.90. The number of aromatic nitrogens is 1. The SMILES string of the molecule is OC[C@H]1CCCN(Cc2cc3ccc(F)cc3nc2-c2cccc(Cl)c2)C1. The number of nitrogens with zero attached hydrogens (tertiary/aromatic N) is 2. The molecule has 0 radical (unpaired) electrons. The lowest BCUT2D eigenvalue weighted by atomic mass is 9.97. The van der Waals surface area contributed by atoms with Crippen molar-refractivity contribution in [2.75, 3.05) is 19.7 Å². The Morgan fingerprint density at radius 3 is 2.89 bits per heavy atom. The van der Waals surface area contributed by atoms with Crippen LogP contribution in [-0.4, -0.2) is 34.7 Å². The van der Waals surface area contributed by atoms with Gasteiger partial charge in [-0.05, 0) is 61.2 Å². The van der Waals surface area contributed by atoms with Crippen molar-refractivity contribution >= 4 is 22.5 Å². The van der Waals surface area contributed by atoms with Gasteiger partial charge in [0.15, 0.2) is 0 Å². The molecular formula is C22H22ClFN2O. The summed E-state index contributed by atoms with van der Waals surface area (Å²) >= 11 is 6.19. The molecule has 4 rings (SSSR count). The van der Waals surface area contributed by atoms with Crippen molar-refractivity contribution in [1.82, 2.24) is 9.88 Å². The average Bonchev–Trinajstić information content (AvgIpc) is 2.68. The van der Waals surface area contributed by atoms with Crippen LogP contribution in [0, 0.1) is 11.7 Å². The predicted molar refractivity (Wildman–Crippen MR) is 107 cm³/mol. The fraction of sp³-hybridized carbons (Fsp3) is 0.318. The highest BCUT2D eigenvalue weighted by Gasteiger charge is 2.21. The van der Waals surface area contributed by atoms with Gasteiger partial charge in [-0.1, -0.05) is 23.7 Å². The summed E-state index contributed by atoms with van der Waals surface area (Å²) in [5.41, 5.74) is 3.50. The third-order valence-electron chi connectivity index (χ3n) is 5.21. The van der Waals surface area contributed by atoms with E-state index in [0.717, 1.165) is 54.7 Å². The van der Waals surface area contributed by atoms with E-state index < -0.39 is 0 Å². The number of likely N-dealkylation sites (tertiary alicyclic amines) is 1. The first kappa shape index (κ1) is 18.4. The summed E-state index contributed by atoms with van der Waals surface area (Å²) in [6.45, 7) is 2.87. The highest BCUT2D eigenvalue weighted by atomic mass is 35.5. The smallest absolute Gasteiger partial charge is 0.125 e. The first-order valence-electron chi connectivity index (χ1n) is 9.31. The summed E-state index contributed by atoms with van der Waals surface area (Å²) in [5, 5.41) is 11.1. The molecule has 0 unspecified atom stereocenters. The second-order valence-electron chi connectivity index (χ2n) is 7.27. The maximum absolute atomic E-state index is 13.7. The lowest BCUT2D eigenvalue weighted by molar-refractivity contribution is 0.116. The summed E-state index contributed by atoms with van der Waals surface area (Å²) in [6.07, 6.45) is 2.16. The molecule has 1 aliphatic rings. The molecule has 140 valence electrons. The first-order chi connectivity index (χ1) is 13.1. The van der Waals surface area contributed by atoms with Gasteiger partial charge in [-0.25, -0.2) is 9.37 Å². The molecule has 1 aromatic heterocycles. The quantitative estimate of drug-likeness (QED) is 0.695. The Hall–Kier alpha value is -2.01. The van der Waals surface area contributed by atoms with E-state index in [2.05, 4.69) is 11.0 Å². The Balaban J connectivity index is 1.77. The monoisotopic (exact) mass is 384 g/mol. The number of benzene rings is 2. The van der Waals surface area contributed by atoms with Crippen molar-refractivity contribution in [3.63, 3.8) is 0 Å². The van der Waals surface area contributed by atoms with Crippen LogP contribution in [-0.2, 0) is 6.54 Å². The number of hydrogen-bond acceptors (Lipinski definition) is 3. The maximum atomic E-state index is 13.7. The maximum Gasteiger partial charge on any atom is 0.125 e. The molecule has 27 heavy (non-hydrogen) atoms. The molecule has 5 heteroatoms. The highest BCUT2D eigenvalue weighted by Crippen LogP contribution is 2.30. The Bertz CT molecular complexity index is 962. The van der Waals surface area contributed by atoms with E-state index in [0.29, 0.717) is 16.5 Å². The number of fused-ring (bicyclic) bond motifs is 1. The third kappa shape index (κ3) is 4.13. The molecule has 3 aromatic rings. The summed E-state index contributed by atoms with van der Waals surface area (Å²) < 4.78 is 13.7. The number of aliphatic hydroxyl groups excluding tert-OH is 1. The van der Waals surface area contributed by atoms with Gasteiger partial charge < -0.3 is 5.11 Å². The van der Waals surface area contributed by atoms with Crippen molar-refractivity contribution in [2.45, 2.75) is 19.4 Å². The number of aliphatic hydroxyl groups is 1. The molecule has 2 aromatic carbocycles. The number of halogens is 2. The van der Waals surface area contributed by atoms with Gasteiger partial charge in [-0.3, -0.25) is 4.90 Å². The molecule has 1 aliphatic heterocycles. The van der Waals surface area contributed by atoms with Crippen LogP contribution in [0.1, 0.15) is 18.4 Å². The van der Waals surface area contributed by atoms with E-state index in [1.165, 1.54) is 12.1 Å². The minimum absolute atomic E-state index is 0.229. The topological polar surface area (TPSA) is 36.4 Å². The van der Waals surface area contributed by atoms with E-state index in [-0.39, 0.29) is 12.4 Å². The molecular weight excluding hydrogens is 363 g/mol. The zero-order valence-corrected chi connectivity index (χ0v) is 15.8. The van der Waals surface area contributed by atoms with Crippen LogP contribution in [0.25, 0.3) is 22.2 Å². The second-order valence-corrected chi connectivity index (χ2v) is 7.71. The van der Waals surface area contributed by atoms with Gasteiger partial charge in [-0.2, -0.15) is 0 Å². The van der Waals surface area contributed by atoms with Gasteiger partial charge in [0.1, 0.15) is 5.82 Å². The van der Waals surface area contributed by atoms with E-state index in [4.69, 9.17) is 16.6 Å². The molecule has 1 atom stereocenters. The minimum atomic E-state index is -0.290. The normalized spacial score (nSPS) is 18.1. The van der Waals surface area contributed by atoms with Crippen LogP contribution in [0.4, 0.5) is 4.39 Å². The third-order valence-corrected chi connectivity index (χ3v) is 5.45. The zero-order valence-electron chi connectivity index (χ0n) is 15.0. The number of rotatable bonds is 4. The van der Waals surface area contributed by atoms with Crippen LogP contribution < -0.4 is 0 Å². The highest BCUT2D eigenvalue weighted by molar-refractivity contribution is 6.30. The molecule has 0 spiro atoms. The average molecular weight is 385 g/mol. The first-order valence-corrected chi connectivity index (χ1v) is 9.68. The minimum Gasteiger partial charge on any atom is -0.396 e. The number of pyridine rings is 1. The van der Waals surface area contributed by atoms with Crippen molar-refractivity contribution < 1.29 is 9.50 Å². The van der Waals surface area contributed by atoms with Crippen molar-refractivity contribution in [1.29, 1.82) is 0 Å². The van der Waals surface area contributed by atoms with Crippen LogP contribution in [0.5, 0.6) is 0 Å². The van der Waals surface area contributed by atoms with Gasteiger partial charge in [-0.15, -0.1) is 0 Å². The van der Waals surface area contributed by atoms with Crippen molar-refractivity contribution in [2.24, 2.45) is 5.92 Å². The summed E-state index contributed by atoms with van der Waals surface area (Å²) in [4.78, 5) is 7.14. The van der Waals surface area contributed by atoms with Gasteiger partial charge in [0.05, 0.1) is 11.2 Å². The lowest BCUT2D eigenvalue weighted by Gasteiger charge is -2.32. The molecule has 0 amide bonds. The summed E-state index contributed by atoms with van der Waals surface area (Å²) in [7, 11) is 0. The molecule has 0 saturated carbocycles. The lowest BCUT2D eigenvalue weighted by Crippen LogP contribution is -2.36. The Kier molecular flexibility index (Phi) is 5.39. The van der Waals surface area contributed by atoms with Gasteiger partial charge in [0, 0.05) is 41.7 Å². The molecule has 1 fully saturated rings. The van der Waals surface area contributed by atoms with Crippen LogP contribution in [0.15, 0.2) is 48.5 Å². The summed E-state index contributed by atoms with van der Waals surface area (Å²) in [5.74, 6) is 0.0393. The van der Waals surface area contributed by atoms with Crippen molar-refractivity contribution in [3.8, 4) is 11.3 Å². The standard InChI is InChI=1S/C22H22ClFN2O/c23-19-5-1-4-17(10-19)22-18(13-26-8-2-3-15(12-26)14-27)9-16-6-7-20(24)11-21(16)25-22/h1,4-7,9-11,15,27H,2-3,8,12-14H2/t15-/m0/s1. The van der Waals surface area contributed by atoms with Gasteiger partial charge >= 0.3 is 0 Å². The molecule has 0 bridgehead atoms. The second kappa shape index (κ2) is 7.93. The van der Waals surface area contributed by atoms with E-state index in [9.17, 15) is 9.50 Å². The van der Waals surface area contributed by atoms with Crippen LogP contribution in [0.2, 0.25) is 5.02 Å². The molecule has 2 heterocycles. The Morgan fingerprint density at radius 2 is 2.07 bits per heavy atom. The van der Waals surface area contributed by atoms with E-state index >= 15 is 0 Å². The molecule has 3 nitrogen and oxygen atoms in total. The Labute approximate surface area is 163 Å². The van der Waals surface area contributed by atoms with Crippen LogP contribution in [0.3, 0.4) is 0 Å². The summed E-state index contributed by atoms with van der Waals surface area (Å²) in [6, 6.07) is 14.4. The van der Waals surface area contributed by atoms with Crippen LogP contribution >= 0.6 is 11.6 Å². The largest absolute Gasteiger partial charge is 0.396 e. The fourth-order valence-electron chi connectivity index (χ4n) is 3.88. The van der Waals surface area contributed by atoms with Gasteiger partial charge in [0.25, 0.3) is 0 Å². The molecule has 1 N–H and O–H groups in total. The molecule has 1 saturated heterocycles. The van der Waals surface area contributed by atoms with E-state index in [1.54, 1.807) is 6.07 Å². The fourth-order valence-corrected chi connectivity index (χ4v) is 4.07. The molecule has 0 aliphatic carbocycles. The van der Waals surface area contributed by atoms with Crippen molar-refractivity contribution in [3.05, 3.63) is 64.9 Å². The Morgan fingerprint density at radius 1 is 1.19 bits per heavy atom. The number of hydrogen-bond donors (Lipinski definition) is 1. The van der Waals surface area contributed by atoms with E-state index in [1.807, 2.05) is 24.3 Å². The zero-order chi connectivity index (χ0) is 18.8. The number of piperidine rings is 1.